The van der Waals surface area contributed by atoms with Crippen molar-refractivity contribution in [1.82, 2.24) is 5.32 Å². The van der Waals surface area contributed by atoms with Gasteiger partial charge in [-0.1, -0.05) is 25.1 Å². The highest BCUT2D eigenvalue weighted by Gasteiger charge is 2.25. The van der Waals surface area contributed by atoms with E-state index in [9.17, 15) is 17.6 Å². The lowest BCUT2D eigenvalue weighted by Crippen LogP contribution is -2.41. The van der Waals surface area contributed by atoms with Gasteiger partial charge >= 0.3 is 0 Å². The van der Waals surface area contributed by atoms with E-state index in [4.69, 9.17) is 9.47 Å². The van der Waals surface area contributed by atoms with Crippen LogP contribution in [0.5, 0.6) is 11.5 Å². The van der Waals surface area contributed by atoms with Gasteiger partial charge in [-0.25, -0.2) is 12.8 Å². The highest BCUT2D eigenvalue weighted by molar-refractivity contribution is 7.92. The summed E-state index contributed by atoms with van der Waals surface area (Å²) in [6, 6.07) is 10.3. The number of hydrogen-bond acceptors (Lipinski definition) is 5. The Morgan fingerprint density at radius 2 is 1.79 bits per heavy atom. The zero-order valence-electron chi connectivity index (χ0n) is 16.8. The van der Waals surface area contributed by atoms with Gasteiger partial charge in [0.25, 0.3) is 0 Å². The molecule has 1 amide bonds. The Morgan fingerprint density at radius 1 is 1.14 bits per heavy atom. The van der Waals surface area contributed by atoms with Crippen molar-refractivity contribution in [3.05, 3.63) is 53.8 Å². The van der Waals surface area contributed by atoms with Crippen molar-refractivity contribution < 1.29 is 27.1 Å². The van der Waals surface area contributed by atoms with Crippen LogP contribution in [0.4, 0.5) is 10.1 Å². The van der Waals surface area contributed by atoms with Gasteiger partial charge in [-0.2, -0.15) is 0 Å². The summed E-state index contributed by atoms with van der Waals surface area (Å²) in [5.74, 6) is -0.208. The molecule has 2 aromatic carbocycles. The van der Waals surface area contributed by atoms with Crippen LogP contribution in [0.1, 0.15) is 24.9 Å². The molecule has 0 bridgehead atoms. The van der Waals surface area contributed by atoms with E-state index in [2.05, 4.69) is 5.32 Å². The summed E-state index contributed by atoms with van der Waals surface area (Å²) in [6.45, 7) is 1.34. The molecule has 2 aromatic rings. The molecule has 0 heterocycles. The van der Waals surface area contributed by atoms with Crippen LogP contribution in [0.2, 0.25) is 0 Å². The normalized spacial score (nSPS) is 12.2. The van der Waals surface area contributed by atoms with Gasteiger partial charge in [0.2, 0.25) is 15.9 Å². The molecule has 0 aliphatic heterocycles. The van der Waals surface area contributed by atoms with Crippen molar-refractivity contribution in [2.75, 3.05) is 31.3 Å². The second kappa shape index (κ2) is 9.60. The SMILES string of the molecule is CC[C@@H](NC(=O)CN(c1ccccc1F)S(C)(=O)=O)c1ccc(OC)c(OC)c1. The number of carbonyl (C=O) groups excluding carboxylic acids is 1. The topological polar surface area (TPSA) is 84.9 Å². The monoisotopic (exact) mass is 424 g/mol. The Morgan fingerprint density at radius 3 is 2.34 bits per heavy atom. The van der Waals surface area contributed by atoms with Gasteiger partial charge in [-0.3, -0.25) is 9.10 Å². The fraction of sp³-hybridized carbons (Fsp3) is 0.350. The van der Waals surface area contributed by atoms with Gasteiger partial charge in [0.1, 0.15) is 12.4 Å². The molecule has 1 atom stereocenters. The van der Waals surface area contributed by atoms with Gasteiger partial charge in [-0.05, 0) is 36.2 Å². The first-order chi connectivity index (χ1) is 13.7. The van der Waals surface area contributed by atoms with E-state index >= 15 is 0 Å². The molecular formula is C20H25FN2O5S. The van der Waals surface area contributed by atoms with E-state index in [1.165, 1.54) is 32.4 Å². The van der Waals surface area contributed by atoms with Crippen LogP contribution in [-0.2, 0) is 14.8 Å². The molecule has 7 nitrogen and oxygen atoms in total. The van der Waals surface area contributed by atoms with Crippen LogP contribution < -0.4 is 19.1 Å². The minimum absolute atomic E-state index is 0.177. The van der Waals surface area contributed by atoms with Crippen LogP contribution in [0, 0.1) is 5.82 Å². The molecule has 9 heteroatoms. The fourth-order valence-electron chi connectivity index (χ4n) is 2.90. The zero-order chi connectivity index (χ0) is 21.6. The number of carbonyl (C=O) groups is 1. The number of ether oxygens (including phenoxy) is 2. The first-order valence-corrected chi connectivity index (χ1v) is 10.8. The maximum Gasteiger partial charge on any atom is 0.241 e. The van der Waals surface area contributed by atoms with E-state index in [0.29, 0.717) is 17.9 Å². The number of para-hydroxylation sites is 1. The zero-order valence-corrected chi connectivity index (χ0v) is 17.6. The Hall–Kier alpha value is -2.81. The summed E-state index contributed by atoms with van der Waals surface area (Å²) in [7, 11) is -0.826. The van der Waals surface area contributed by atoms with Crippen molar-refractivity contribution in [2.45, 2.75) is 19.4 Å². The standard InChI is InChI=1S/C20H25FN2O5S/c1-5-16(14-10-11-18(27-2)19(12-14)28-3)22-20(24)13-23(29(4,25)26)17-9-7-6-8-15(17)21/h6-12,16H,5,13H2,1-4H3,(H,22,24)/t16-/m1/s1. The lowest BCUT2D eigenvalue weighted by Gasteiger charge is -2.24. The number of benzene rings is 2. The van der Waals surface area contributed by atoms with Crippen LogP contribution in [0.25, 0.3) is 0 Å². The van der Waals surface area contributed by atoms with Gasteiger partial charge in [0, 0.05) is 0 Å². The first-order valence-electron chi connectivity index (χ1n) is 8.94. The number of methoxy groups -OCH3 is 2. The smallest absolute Gasteiger partial charge is 0.241 e. The molecule has 0 spiro atoms. The summed E-state index contributed by atoms with van der Waals surface area (Å²) in [5, 5.41) is 2.80. The van der Waals surface area contributed by atoms with Crippen LogP contribution in [-0.4, -0.2) is 41.3 Å². The van der Waals surface area contributed by atoms with E-state index < -0.39 is 28.3 Å². The molecular weight excluding hydrogens is 399 g/mol. The van der Waals surface area contributed by atoms with Crippen molar-refractivity contribution >= 4 is 21.6 Å². The number of anilines is 1. The minimum atomic E-state index is -3.87. The summed E-state index contributed by atoms with van der Waals surface area (Å²) >= 11 is 0. The fourth-order valence-corrected chi connectivity index (χ4v) is 3.75. The number of rotatable bonds is 9. The van der Waals surface area contributed by atoms with Gasteiger partial charge < -0.3 is 14.8 Å². The molecule has 0 aliphatic rings. The molecule has 0 saturated carbocycles. The largest absolute Gasteiger partial charge is 0.493 e. The lowest BCUT2D eigenvalue weighted by atomic mass is 10.0. The van der Waals surface area contributed by atoms with E-state index in [0.717, 1.165) is 22.2 Å². The summed E-state index contributed by atoms with van der Waals surface area (Å²) in [5.41, 5.74) is 0.597. The third-order valence-electron chi connectivity index (χ3n) is 4.36. The number of halogens is 1. The average Bonchev–Trinajstić information content (AvgIpc) is 2.69. The van der Waals surface area contributed by atoms with Crippen molar-refractivity contribution in [3.8, 4) is 11.5 Å². The van der Waals surface area contributed by atoms with Gasteiger partial charge in [-0.15, -0.1) is 0 Å². The van der Waals surface area contributed by atoms with Crippen LogP contribution in [0.15, 0.2) is 42.5 Å². The maximum absolute atomic E-state index is 14.1. The molecule has 29 heavy (non-hydrogen) atoms. The summed E-state index contributed by atoms with van der Waals surface area (Å²) in [4.78, 5) is 12.6. The number of nitrogens with zero attached hydrogens (tertiary/aromatic N) is 1. The molecule has 2 rings (SSSR count). The highest BCUT2D eigenvalue weighted by atomic mass is 32.2. The summed E-state index contributed by atoms with van der Waals surface area (Å²) < 4.78 is 49.7. The lowest BCUT2D eigenvalue weighted by molar-refractivity contribution is -0.120. The first kappa shape index (κ1) is 22.5. The number of hydrogen-bond donors (Lipinski definition) is 1. The van der Waals surface area contributed by atoms with E-state index in [1.54, 1.807) is 18.2 Å². The van der Waals surface area contributed by atoms with Crippen LogP contribution >= 0.6 is 0 Å². The minimum Gasteiger partial charge on any atom is -0.493 e. The highest BCUT2D eigenvalue weighted by Crippen LogP contribution is 2.31. The predicted octanol–water partition coefficient (Wildman–Crippen LogP) is 2.88. The third kappa shape index (κ3) is 5.60. The van der Waals surface area contributed by atoms with E-state index in [1.807, 2.05) is 6.92 Å². The number of nitrogens with one attached hydrogen (secondary N) is 1. The number of sulfonamides is 1. The molecule has 0 saturated heterocycles. The second-order valence-electron chi connectivity index (χ2n) is 6.36. The molecule has 0 unspecified atom stereocenters. The van der Waals surface area contributed by atoms with E-state index in [-0.39, 0.29) is 11.7 Å². The van der Waals surface area contributed by atoms with Crippen LogP contribution in [0.3, 0.4) is 0 Å². The quantitative estimate of drug-likeness (QED) is 0.669. The Balaban J connectivity index is 2.23. The third-order valence-corrected chi connectivity index (χ3v) is 5.49. The van der Waals surface area contributed by atoms with Gasteiger partial charge in [0.05, 0.1) is 32.2 Å². The summed E-state index contributed by atoms with van der Waals surface area (Å²) in [6.07, 6.45) is 1.48. The van der Waals surface area contributed by atoms with Crippen molar-refractivity contribution in [1.29, 1.82) is 0 Å². The average molecular weight is 424 g/mol. The molecule has 158 valence electrons. The maximum atomic E-state index is 14.1. The predicted molar refractivity (Wildman–Crippen MR) is 109 cm³/mol. The molecule has 1 N–H and O–H groups in total. The molecule has 0 fully saturated rings. The van der Waals surface area contributed by atoms with Crippen molar-refractivity contribution in [2.24, 2.45) is 0 Å². The molecule has 0 radical (unpaired) electrons. The van der Waals surface area contributed by atoms with Crippen molar-refractivity contribution in [3.63, 3.8) is 0 Å². The Labute approximate surface area is 170 Å². The Kier molecular flexibility index (Phi) is 7.44. The molecule has 0 aliphatic carbocycles. The number of amides is 1. The molecule has 0 aromatic heterocycles. The Bertz CT molecular complexity index is 965. The van der Waals surface area contributed by atoms with Gasteiger partial charge in [0.15, 0.2) is 11.5 Å². The second-order valence-corrected chi connectivity index (χ2v) is 8.27.